The number of hydrogen-bond acceptors (Lipinski definition) is 3. The first-order valence-corrected chi connectivity index (χ1v) is 7.68. The van der Waals surface area contributed by atoms with E-state index in [0.717, 1.165) is 49.6 Å². The fourth-order valence-electron chi connectivity index (χ4n) is 3.18. The predicted molar refractivity (Wildman–Crippen MR) is 79.3 cm³/mol. The highest BCUT2D eigenvalue weighted by Crippen LogP contribution is 2.21. The zero-order valence-corrected chi connectivity index (χ0v) is 13.2. The summed E-state index contributed by atoms with van der Waals surface area (Å²) in [6.45, 7) is 3.14. The summed E-state index contributed by atoms with van der Waals surface area (Å²) in [5.41, 5.74) is 0.434. The van der Waals surface area contributed by atoms with Crippen LogP contribution in [0.5, 0.6) is 0 Å². The summed E-state index contributed by atoms with van der Waals surface area (Å²) >= 11 is 0. The maximum atomic E-state index is 13.3. The second-order valence-corrected chi connectivity index (χ2v) is 6.08. The van der Waals surface area contributed by atoms with Crippen molar-refractivity contribution in [3.05, 3.63) is 46.8 Å². The van der Waals surface area contributed by atoms with E-state index in [1.807, 2.05) is 14.0 Å². The molecule has 3 rings (SSSR count). The third kappa shape index (κ3) is 3.24. The second kappa shape index (κ2) is 6.31. The molecule has 0 saturated heterocycles. The number of fused-ring (bicyclic) bond motifs is 1. The number of benzene rings is 1. The molecule has 4 nitrogen and oxygen atoms in total. The normalized spacial score (nSPS) is 18.1. The van der Waals surface area contributed by atoms with E-state index in [2.05, 4.69) is 19.7 Å². The molecule has 1 atom stereocenters. The lowest BCUT2D eigenvalue weighted by atomic mass is 10.1. The molecule has 0 radical (unpaired) electrons. The van der Waals surface area contributed by atoms with Crippen molar-refractivity contribution in [2.45, 2.75) is 45.3 Å². The molecule has 1 aromatic heterocycles. The second-order valence-electron chi connectivity index (χ2n) is 6.08. The maximum absolute atomic E-state index is 13.3. The predicted octanol–water partition coefficient (Wildman–Crippen LogP) is 2.84. The first-order valence-electron chi connectivity index (χ1n) is 7.68. The molecule has 2 aromatic rings. The Kier molecular flexibility index (Phi) is 4.39. The van der Waals surface area contributed by atoms with Crippen LogP contribution in [0.3, 0.4) is 0 Å². The van der Waals surface area contributed by atoms with Gasteiger partial charge in [-0.15, -0.1) is 10.2 Å². The minimum Gasteiger partial charge on any atom is -0.315 e. The number of aryl methyl sites for hydroxylation is 2. The molecule has 0 bridgehead atoms. The van der Waals surface area contributed by atoms with Crippen LogP contribution in [0.1, 0.15) is 30.1 Å². The number of hydrogen-bond donors (Lipinski definition) is 0. The van der Waals surface area contributed by atoms with Crippen LogP contribution in [-0.4, -0.2) is 32.8 Å². The van der Waals surface area contributed by atoms with Gasteiger partial charge in [0.1, 0.15) is 11.6 Å². The number of rotatable bonds is 3. The number of aromatic nitrogens is 3. The lowest BCUT2D eigenvalue weighted by Crippen LogP contribution is -2.31. The Morgan fingerprint density at radius 3 is 2.57 bits per heavy atom. The molecule has 2 heterocycles. The zero-order chi connectivity index (χ0) is 16.6. The lowest BCUT2D eigenvalue weighted by Gasteiger charge is -2.27. The molecule has 23 heavy (non-hydrogen) atoms. The van der Waals surface area contributed by atoms with E-state index in [4.69, 9.17) is 0 Å². The van der Waals surface area contributed by atoms with Gasteiger partial charge in [-0.25, -0.2) is 13.2 Å². The highest BCUT2D eigenvalue weighted by atomic mass is 19.2. The van der Waals surface area contributed by atoms with Gasteiger partial charge in [-0.1, -0.05) is 0 Å². The maximum Gasteiger partial charge on any atom is 0.194 e. The summed E-state index contributed by atoms with van der Waals surface area (Å²) in [4.78, 5) is 2.06. The van der Waals surface area contributed by atoms with Crippen LogP contribution < -0.4 is 0 Å². The lowest BCUT2D eigenvalue weighted by molar-refractivity contribution is 0.209. The van der Waals surface area contributed by atoms with E-state index >= 15 is 0 Å². The third-order valence-electron chi connectivity index (χ3n) is 4.50. The van der Waals surface area contributed by atoms with Gasteiger partial charge in [-0.3, -0.25) is 4.90 Å². The van der Waals surface area contributed by atoms with Crippen molar-refractivity contribution in [1.82, 2.24) is 19.7 Å². The molecule has 0 N–H and O–H groups in total. The minimum absolute atomic E-state index is 0.271. The third-order valence-corrected chi connectivity index (χ3v) is 4.50. The fourth-order valence-corrected chi connectivity index (χ4v) is 3.18. The molecule has 0 aliphatic carbocycles. The molecule has 7 heteroatoms. The molecular weight excluding hydrogens is 305 g/mol. The van der Waals surface area contributed by atoms with Gasteiger partial charge in [-0.2, -0.15) is 0 Å². The fraction of sp³-hybridized carbons (Fsp3) is 0.500. The SMILES string of the molecule is Cc1nnc2n1CCC(N(C)Cc1cc(F)c(F)c(F)c1)CC2. The Balaban J connectivity index is 1.68. The van der Waals surface area contributed by atoms with E-state index in [-0.39, 0.29) is 6.04 Å². The van der Waals surface area contributed by atoms with Crippen molar-refractivity contribution in [3.63, 3.8) is 0 Å². The Labute approximate surface area is 132 Å². The van der Waals surface area contributed by atoms with E-state index in [0.29, 0.717) is 12.1 Å². The van der Waals surface area contributed by atoms with Gasteiger partial charge in [0.15, 0.2) is 17.5 Å². The molecular formula is C16H19F3N4. The van der Waals surface area contributed by atoms with Crippen LogP contribution in [0.2, 0.25) is 0 Å². The molecule has 0 spiro atoms. The zero-order valence-electron chi connectivity index (χ0n) is 13.2. The first-order chi connectivity index (χ1) is 11.0. The molecule has 0 amide bonds. The van der Waals surface area contributed by atoms with Crippen molar-refractivity contribution in [3.8, 4) is 0 Å². The van der Waals surface area contributed by atoms with Crippen LogP contribution in [0.15, 0.2) is 12.1 Å². The smallest absolute Gasteiger partial charge is 0.194 e. The number of nitrogens with zero attached hydrogens (tertiary/aromatic N) is 4. The van der Waals surface area contributed by atoms with E-state index in [1.165, 1.54) is 0 Å². The Hall–Kier alpha value is -1.89. The van der Waals surface area contributed by atoms with E-state index < -0.39 is 17.5 Å². The van der Waals surface area contributed by atoms with Gasteiger partial charge in [0, 0.05) is 25.6 Å². The highest BCUT2D eigenvalue weighted by Gasteiger charge is 2.22. The van der Waals surface area contributed by atoms with Crippen LogP contribution >= 0.6 is 0 Å². The highest BCUT2D eigenvalue weighted by molar-refractivity contribution is 5.19. The van der Waals surface area contributed by atoms with Crippen molar-refractivity contribution in [1.29, 1.82) is 0 Å². The quantitative estimate of drug-likeness (QED) is 0.814. The van der Waals surface area contributed by atoms with Crippen molar-refractivity contribution < 1.29 is 13.2 Å². The average Bonchev–Trinajstić information content (AvgIpc) is 2.72. The van der Waals surface area contributed by atoms with Gasteiger partial charge in [-0.05, 0) is 44.5 Å². The minimum atomic E-state index is -1.42. The molecule has 1 aliphatic heterocycles. The van der Waals surface area contributed by atoms with E-state index in [9.17, 15) is 13.2 Å². The summed E-state index contributed by atoms with van der Waals surface area (Å²) in [6, 6.07) is 2.39. The Morgan fingerprint density at radius 1 is 1.17 bits per heavy atom. The van der Waals surface area contributed by atoms with E-state index in [1.54, 1.807) is 0 Å². The topological polar surface area (TPSA) is 34.0 Å². The van der Waals surface area contributed by atoms with Crippen LogP contribution in [-0.2, 0) is 19.5 Å². The van der Waals surface area contributed by atoms with Gasteiger partial charge in [0.05, 0.1) is 0 Å². The summed E-state index contributed by atoms with van der Waals surface area (Å²) < 4.78 is 41.8. The Bertz CT molecular complexity index is 690. The summed E-state index contributed by atoms with van der Waals surface area (Å²) in [5.74, 6) is -1.81. The average molecular weight is 324 g/mol. The van der Waals surface area contributed by atoms with Crippen LogP contribution in [0.25, 0.3) is 0 Å². The standard InChI is InChI=1S/C16H19F3N4/c1-10-20-21-15-4-3-12(5-6-23(10)15)22(2)9-11-7-13(17)16(19)14(18)8-11/h7-8,12H,3-6,9H2,1-2H3. The van der Waals surface area contributed by atoms with Gasteiger partial charge >= 0.3 is 0 Å². The van der Waals surface area contributed by atoms with Gasteiger partial charge in [0.2, 0.25) is 0 Å². The van der Waals surface area contributed by atoms with Crippen LogP contribution in [0, 0.1) is 24.4 Å². The van der Waals surface area contributed by atoms with Gasteiger partial charge < -0.3 is 4.57 Å². The van der Waals surface area contributed by atoms with Crippen LogP contribution in [0.4, 0.5) is 13.2 Å². The van der Waals surface area contributed by atoms with Gasteiger partial charge in [0.25, 0.3) is 0 Å². The van der Waals surface area contributed by atoms with Crippen molar-refractivity contribution in [2.75, 3.05) is 7.05 Å². The molecule has 1 unspecified atom stereocenters. The molecule has 1 aromatic carbocycles. The molecule has 124 valence electrons. The monoisotopic (exact) mass is 324 g/mol. The largest absolute Gasteiger partial charge is 0.315 e. The first kappa shape index (κ1) is 16.0. The molecule has 0 saturated carbocycles. The Morgan fingerprint density at radius 2 is 1.87 bits per heavy atom. The van der Waals surface area contributed by atoms with Crippen molar-refractivity contribution >= 4 is 0 Å². The molecule has 0 fully saturated rings. The molecule has 1 aliphatic rings. The summed E-state index contributed by atoms with van der Waals surface area (Å²) in [6.07, 6.45) is 2.64. The number of halogens is 3. The van der Waals surface area contributed by atoms with Crippen molar-refractivity contribution in [2.24, 2.45) is 0 Å². The summed E-state index contributed by atoms with van der Waals surface area (Å²) in [7, 11) is 1.92. The summed E-state index contributed by atoms with van der Waals surface area (Å²) in [5, 5.41) is 8.27.